The summed E-state index contributed by atoms with van der Waals surface area (Å²) >= 11 is 3.43. The molecule has 90 valence electrons. The molecule has 0 aromatic heterocycles. The lowest BCUT2D eigenvalue weighted by Gasteiger charge is -2.03. The summed E-state index contributed by atoms with van der Waals surface area (Å²) in [6, 6.07) is 8.32. The van der Waals surface area contributed by atoms with Gasteiger partial charge >= 0.3 is 0 Å². The highest BCUT2D eigenvalue weighted by atomic mass is 79.9. The second-order valence-corrected chi connectivity index (χ2v) is 6.10. The van der Waals surface area contributed by atoms with Crippen LogP contribution in [0.1, 0.15) is 30.7 Å². The largest absolute Gasteiger partial charge is 0.356 e. The van der Waals surface area contributed by atoms with Gasteiger partial charge in [-0.2, -0.15) is 0 Å². The average molecular weight is 294 g/mol. The minimum Gasteiger partial charge on any atom is -0.356 e. The predicted octanol–water partition coefficient (Wildman–Crippen LogP) is 3.08. The molecule has 2 aliphatic rings. The highest BCUT2D eigenvalue weighted by Crippen LogP contribution is 2.47. The van der Waals surface area contributed by atoms with Gasteiger partial charge in [-0.1, -0.05) is 28.1 Å². The Morgan fingerprint density at radius 1 is 1.29 bits per heavy atom. The minimum atomic E-state index is 0.218. The molecule has 0 heterocycles. The Morgan fingerprint density at radius 2 is 2.00 bits per heavy atom. The van der Waals surface area contributed by atoms with Crippen molar-refractivity contribution in [2.45, 2.75) is 25.2 Å². The van der Waals surface area contributed by atoms with Gasteiger partial charge in [0.15, 0.2) is 0 Å². The zero-order chi connectivity index (χ0) is 11.8. The number of nitrogens with one attached hydrogen (secondary N) is 1. The number of amides is 1. The van der Waals surface area contributed by atoms with E-state index in [1.54, 1.807) is 0 Å². The third-order valence-corrected chi connectivity index (χ3v) is 4.22. The van der Waals surface area contributed by atoms with Crippen molar-refractivity contribution in [3.05, 3.63) is 34.3 Å². The molecule has 0 spiro atoms. The van der Waals surface area contributed by atoms with Crippen LogP contribution in [0.2, 0.25) is 0 Å². The zero-order valence-corrected chi connectivity index (χ0v) is 11.2. The van der Waals surface area contributed by atoms with Crippen molar-refractivity contribution in [2.24, 2.45) is 11.8 Å². The summed E-state index contributed by atoms with van der Waals surface area (Å²) in [5.41, 5.74) is 1.29. The predicted molar refractivity (Wildman–Crippen MR) is 70.7 cm³/mol. The summed E-state index contributed by atoms with van der Waals surface area (Å²) < 4.78 is 1.09. The van der Waals surface area contributed by atoms with E-state index in [-0.39, 0.29) is 11.8 Å². The number of carbonyl (C=O) groups excluding carboxylic acids is 1. The van der Waals surface area contributed by atoms with Crippen molar-refractivity contribution in [1.29, 1.82) is 0 Å². The minimum absolute atomic E-state index is 0.218. The molecule has 0 radical (unpaired) electrons. The molecule has 1 aromatic rings. The summed E-state index contributed by atoms with van der Waals surface area (Å²) in [6.45, 7) is 0.891. The van der Waals surface area contributed by atoms with Gasteiger partial charge in [0.05, 0.1) is 0 Å². The highest BCUT2D eigenvalue weighted by molar-refractivity contribution is 9.10. The fourth-order valence-electron chi connectivity index (χ4n) is 2.26. The van der Waals surface area contributed by atoms with Crippen LogP contribution in [0.5, 0.6) is 0 Å². The van der Waals surface area contributed by atoms with E-state index in [1.807, 2.05) is 12.1 Å². The molecule has 2 fully saturated rings. The van der Waals surface area contributed by atoms with Gasteiger partial charge in [-0.05, 0) is 48.8 Å². The molecule has 1 aromatic carbocycles. The molecule has 1 amide bonds. The van der Waals surface area contributed by atoms with Crippen LogP contribution in [0.3, 0.4) is 0 Å². The first kappa shape index (κ1) is 11.3. The van der Waals surface area contributed by atoms with E-state index in [9.17, 15) is 4.79 Å². The maximum Gasteiger partial charge on any atom is 0.223 e. The molecular formula is C14H16BrNO. The van der Waals surface area contributed by atoms with Crippen LogP contribution in [0.25, 0.3) is 0 Å². The van der Waals surface area contributed by atoms with E-state index in [2.05, 4.69) is 33.4 Å². The molecule has 1 N–H and O–H groups in total. The number of hydrogen-bond donors (Lipinski definition) is 1. The standard InChI is InChI=1S/C14H16BrNO/c15-11-5-3-10(4-6-11)12-7-13(12)14(17)16-8-9-1-2-9/h3-6,9,12-13H,1-2,7-8H2,(H,16,17)/t12-,13+/m1/s1. The van der Waals surface area contributed by atoms with E-state index < -0.39 is 0 Å². The molecule has 0 unspecified atom stereocenters. The number of carbonyl (C=O) groups is 1. The molecule has 0 bridgehead atoms. The first-order valence-electron chi connectivity index (χ1n) is 6.27. The summed E-state index contributed by atoms with van der Waals surface area (Å²) in [4.78, 5) is 11.9. The van der Waals surface area contributed by atoms with Gasteiger partial charge in [0, 0.05) is 16.9 Å². The van der Waals surface area contributed by atoms with E-state index in [0.29, 0.717) is 5.92 Å². The van der Waals surface area contributed by atoms with Gasteiger partial charge in [0.2, 0.25) is 5.91 Å². The Kier molecular flexibility index (Phi) is 2.95. The van der Waals surface area contributed by atoms with Gasteiger partial charge in [0.25, 0.3) is 0 Å². The smallest absolute Gasteiger partial charge is 0.223 e. The van der Waals surface area contributed by atoms with Crippen molar-refractivity contribution < 1.29 is 4.79 Å². The second-order valence-electron chi connectivity index (χ2n) is 5.19. The van der Waals surface area contributed by atoms with Gasteiger partial charge in [-0.25, -0.2) is 0 Å². The molecular weight excluding hydrogens is 278 g/mol. The number of benzene rings is 1. The monoisotopic (exact) mass is 293 g/mol. The molecule has 3 rings (SSSR count). The fraction of sp³-hybridized carbons (Fsp3) is 0.500. The topological polar surface area (TPSA) is 29.1 Å². The lowest BCUT2D eigenvalue weighted by atomic mass is 10.1. The lowest BCUT2D eigenvalue weighted by Crippen LogP contribution is -2.27. The quantitative estimate of drug-likeness (QED) is 0.908. The van der Waals surface area contributed by atoms with Crippen LogP contribution >= 0.6 is 15.9 Å². The maximum atomic E-state index is 11.9. The zero-order valence-electron chi connectivity index (χ0n) is 9.66. The van der Waals surface area contributed by atoms with E-state index in [1.165, 1.54) is 18.4 Å². The van der Waals surface area contributed by atoms with Crippen LogP contribution in [0.4, 0.5) is 0 Å². The van der Waals surface area contributed by atoms with Gasteiger partial charge in [0.1, 0.15) is 0 Å². The molecule has 2 aliphatic carbocycles. The molecule has 0 saturated heterocycles. The normalized spacial score (nSPS) is 26.6. The number of rotatable bonds is 4. The Bertz CT molecular complexity index is 424. The molecule has 2 nitrogen and oxygen atoms in total. The van der Waals surface area contributed by atoms with Crippen LogP contribution < -0.4 is 5.32 Å². The van der Waals surface area contributed by atoms with Gasteiger partial charge < -0.3 is 5.32 Å². The maximum absolute atomic E-state index is 11.9. The molecule has 2 atom stereocenters. The molecule has 3 heteroatoms. The first-order valence-corrected chi connectivity index (χ1v) is 7.06. The van der Waals surface area contributed by atoms with Crippen LogP contribution in [-0.4, -0.2) is 12.5 Å². The van der Waals surface area contributed by atoms with Gasteiger partial charge in [-0.3, -0.25) is 4.79 Å². The highest BCUT2D eigenvalue weighted by Gasteiger charge is 2.43. The Hall–Kier alpha value is -0.830. The SMILES string of the molecule is O=C(NCC1CC1)[C@H]1C[C@@H]1c1ccc(Br)cc1. The van der Waals surface area contributed by atoms with Crippen molar-refractivity contribution in [2.75, 3.05) is 6.54 Å². The Balaban J connectivity index is 1.54. The Labute approximate surface area is 110 Å². The summed E-state index contributed by atoms with van der Waals surface area (Å²) in [5.74, 6) is 1.69. The third-order valence-electron chi connectivity index (χ3n) is 3.69. The van der Waals surface area contributed by atoms with Gasteiger partial charge in [-0.15, -0.1) is 0 Å². The Morgan fingerprint density at radius 3 is 2.65 bits per heavy atom. The van der Waals surface area contributed by atoms with E-state index in [4.69, 9.17) is 0 Å². The van der Waals surface area contributed by atoms with E-state index >= 15 is 0 Å². The van der Waals surface area contributed by atoms with Crippen LogP contribution in [-0.2, 0) is 4.79 Å². The third kappa shape index (κ3) is 2.71. The first-order chi connectivity index (χ1) is 8.24. The van der Waals surface area contributed by atoms with Crippen molar-refractivity contribution in [3.8, 4) is 0 Å². The average Bonchev–Trinajstić information content (AvgIpc) is 3.20. The number of hydrogen-bond acceptors (Lipinski definition) is 1. The molecule has 17 heavy (non-hydrogen) atoms. The van der Waals surface area contributed by atoms with Crippen LogP contribution in [0.15, 0.2) is 28.7 Å². The number of halogens is 1. The van der Waals surface area contributed by atoms with Crippen molar-refractivity contribution >= 4 is 21.8 Å². The molecule has 2 saturated carbocycles. The fourth-order valence-corrected chi connectivity index (χ4v) is 2.53. The molecule has 0 aliphatic heterocycles. The van der Waals surface area contributed by atoms with Crippen molar-refractivity contribution in [3.63, 3.8) is 0 Å². The summed E-state index contributed by atoms with van der Waals surface area (Å²) in [7, 11) is 0. The van der Waals surface area contributed by atoms with Crippen molar-refractivity contribution in [1.82, 2.24) is 5.32 Å². The second kappa shape index (κ2) is 4.45. The lowest BCUT2D eigenvalue weighted by molar-refractivity contribution is -0.122. The summed E-state index contributed by atoms with van der Waals surface area (Å²) in [5, 5.41) is 3.07. The summed E-state index contributed by atoms with van der Waals surface area (Å²) in [6.07, 6.45) is 3.60. The van der Waals surface area contributed by atoms with Crippen LogP contribution in [0, 0.1) is 11.8 Å². The van der Waals surface area contributed by atoms with E-state index in [0.717, 1.165) is 23.4 Å².